The molecule has 1 atom stereocenters. The summed E-state index contributed by atoms with van der Waals surface area (Å²) < 4.78 is 5.92. The Bertz CT molecular complexity index is 461. The Morgan fingerprint density at radius 2 is 2.06 bits per heavy atom. The summed E-state index contributed by atoms with van der Waals surface area (Å²) in [7, 11) is 0. The Morgan fingerprint density at radius 1 is 1.24 bits per heavy atom. The van der Waals surface area contributed by atoms with Crippen molar-refractivity contribution in [3.8, 4) is 0 Å². The minimum Gasteiger partial charge on any atom is -0.477 e. The highest BCUT2D eigenvalue weighted by molar-refractivity contribution is 5.49. The summed E-state index contributed by atoms with van der Waals surface area (Å²) in [6.07, 6.45) is 5.57. The number of allylic oxidation sites excluding steroid dienone is 2. The van der Waals surface area contributed by atoms with Gasteiger partial charge < -0.3 is 9.64 Å². The predicted octanol–water partition coefficient (Wildman–Crippen LogP) is 3.33. The molecular weight excluding hydrogens is 210 g/mol. The van der Waals surface area contributed by atoms with E-state index in [0.29, 0.717) is 12.6 Å². The zero-order chi connectivity index (χ0) is 11.7. The Labute approximate surface area is 102 Å². The number of nitrogens with zero attached hydrogens (tertiary/aromatic N) is 1. The van der Waals surface area contributed by atoms with Crippen molar-refractivity contribution < 1.29 is 4.74 Å². The van der Waals surface area contributed by atoms with Crippen molar-refractivity contribution >= 4 is 5.69 Å². The summed E-state index contributed by atoms with van der Waals surface area (Å²) in [4.78, 5) is 2.27. The molecule has 1 unspecified atom stereocenters. The average Bonchev–Trinajstić information content (AvgIpc) is 2.40. The second-order valence-corrected chi connectivity index (χ2v) is 4.74. The van der Waals surface area contributed by atoms with Crippen LogP contribution in [-0.2, 0) is 4.74 Å². The highest BCUT2D eigenvalue weighted by Crippen LogP contribution is 2.31. The smallest absolute Gasteiger partial charge is 0.161 e. The van der Waals surface area contributed by atoms with Gasteiger partial charge in [0.25, 0.3) is 0 Å². The van der Waals surface area contributed by atoms with Crippen molar-refractivity contribution in [2.24, 2.45) is 5.92 Å². The number of benzene rings is 1. The molecule has 0 saturated heterocycles. The van der Waals surface area contributed by atoms with Crippen LogP contribution in [0.1, 0.15) is 13.3 Å². The lowest BCUT2D eigenvalue weighted by Crippen LogP contribution is -2.34. The Balaban J connectivity index is 1.84. The van der Waals surface area contributed by atoms with Crippen LogP contribution < -0.4 is 4.90 Å². The van der Waals surface area contributed by atoms with Crippen molar-refractivity contribution in [1.82, 2.24) is 0 Å². The number of para-hydroxylation sites is 1. The van der Waals surface area contributed by atoms with E-state index in [1.165, 1.54) is 17.0 Å². The van der Waals surface area contributed by atoms with Crippen LogP contribution >= 0.6 is 0 Å². The molecule has 0 fully saturated rings. The molecule has 2 aliphatic rings. The van der Waals surface area contributed by atoms with E-state index in [0.717, 1.165) is 13.0 Å². The minimum atomic E-state index is 0.535. The number of hydrogen-bond donors (Lipinski definition) is 0. The van der Waals surface area contributed by atoms with E-state index >= 15 is 0 Å². The van der Waals surface area contributed by atoms with Crippen molar-refractivity contribution in [2.75, 3.05) is 18.2 Å². The van der Waals surface area contributed by atoms with Gasteiger partial charge in [0.15, 0.2) is 6.73 Å². The fraction of sp³-hybridized carbons (Fsp3) is 0.333. The van der Waals surface area contributed by atoms with Gasteiger partial charge in [-0.1, -0.05) is 37.3 Å². The third kappa shape index (κ3) is 1.95. The fourth-order valence-electron chi connectivity index (χ4n) is 2.49. The molecule has 0 aromatic heterocycles. The van der Waals surface area contributed by atoms with Crippen molar-refractivity contribution in [3.63, 3.8) is 0 Å². The minimum absolute atomic E-state index is 0.535. The molecule has 1 aromatic rings. The molecule has 0 spiro atoms. The van der Waals surface area contributed by atoms with Crippen molar-refractivity contribution in [3.05, 3.63) is 53.8 Å². The summed E-state index contributed by atoms with van der Waals surface area (Å²) in [5.41, 5.74) is 2.56. The van der Waals surface area contributed by atoms with Crippen LogP contribution in [0.2, 0.25) is 0 Å². The highest BCUT2D eigenvalue weighted by Gasteiger charge is 2.24. The molecular formula is C15H17NO. The van der Waals surface area contributed by atoms with Crippen molar-refractivity contribution in [1.29, 1.82) is 0 Å². The lowest BCUT2D eigenvalue weighted by molar-refractivity contribution is 0.164. The van der Waals surface area contributed by atoms with Crippen LogP contribution in [0.25, 0.3) is 0 Å². The Morgan fingerprint density at radius 3 is 2.88 bits per heavy atom. The summed E-state index contributed by atoms with van der Waals surface area (Å²) in [6.45, 7) is 3.86. The van der Waals surface area contributed by atoms with Gasteiger partial charge in [0.2, 0.25) is 0 Å². The second-order valence-electron chi connectivity index (χ2n) is 4.74. The lowest BCUT2D eigenvalue weighted by Gasteiger charge is -2.35. The van der Waals surface area contributed by atoms with Gasteiger partial charge in [-0.05, 0) is 18.6 Å². The maximum absolute atomic E-state index is 5.92. The van der Waals surface area contributed by atoms with E-state index in [9.17, 15) is 0 Å². The molecule has 1 aliphatic heterocycles. The van der Waals surface area contributed by atoms with Crippen LogP contribution in [0, 0.1) is 5.92 Å². The fourth-order valence-corrected chi connectivity index (χ4v) is 2.49. The quantitative estimate of drug-likeness (QED) is 0.729. The maximum atomic E-state index is 5.92. The molecule has 3 rings (SSSR count). The third-order valence-electron chi connectivity index (χ3n) is 3.43. The van der Waals surface area contributed by atoms with E-state index in [2.05, 4.69) is 48.2 Å². The van der Waals surface area contributed by atoms with Gasteiger partial charge in [-0.25, -0.2) is 0 Å². The first-order chi connectivity index (χ1) is 8.34. The van der Waals surface area contributed by atoms with Crippen LogP contribution in [0.5, 0.6) is 0 Å². The highest BCUT2D eigenvalue weighted by atomic mass is 16.5. The third-order valence-corrected chi connectivity index (χ3v) is 3.43. The first-order valence-corrected chi connectivity index (χ1v) is 6.17. The van der Waals surface area contributed by atoms with E-state index < -0.39 is 0 Å². The normalized spacial score (nSPS) is 23.4. The Hall–Kier alpha value is -1.70. The number of ether oxygens (including phenoxy) is 1. The van der Waals surface area contributed by atoms with E-state index in [1.807, 2.05) is 6.07 Å². The molecule has 0 radical (unpaired) electrons. The van der Waals surface area contributed by atoms with E-state index in [4.69, 9.17) is 4.74 Å². The largest absolute Gasteiger partial charge is 0.477 e. The van der Waals surface area contributed by atoms with Gasteiger partial charge in [0.05, 0.1) is 0 Å². The SMILES string of the molecule is CC1CC=CC2=C1OCN(c1ccccc1)C2. The van der Waals surface area contributed by atoms with E-state index in [1.54, 1.807) is 0 Å². The van der Waals surface area contributed by atoms with Crippen LogP contribution in [0.4, 0.5) is 5.69 Å². The molecule has 0 N–H and O–H groups in total. The standard InChI is InChI=1S/C15H17NO/c1-12-6-5-7-13-10-16(11-17-15(12)13)14-8-3-2-4-9-14/h2-5,7-9,12H,6,10-11H2,1H3. The van der Waals surface area contributed by atoms with Gasteiger partial charge in [-0.3, -0.25) is 0 Å². The van der Waals surface area contributed by atoms with E-state index in [-0.39, 0.29) is 0 Å². The monoisotopic (exact) mass is 227 g/mol. The number of anilines is 1. The summed E-state index contributed by atoms with van der Waals surface area (Å²) >= 11 is 0. The van der Waals surface area contributed by atoms with Gasteiger partial charge in [0, 0.05) is 23.7 Å². The zero-order valence-corrected chi connectivity index (χ0v) is 10.1. The molecule has 0 amide bonds. The summed E-state index contributed by atoms with van der Waals surface area (Å²) in [5, 5.41) is 0. The molecule has 0 saturated carbocycles. The number of rotatable bonds is 1. The molecule has 88 valence electrons. The molecule has 2 heteroatoms. The van der Waals surface area contributed by atoms with Gasteiger partial charge in [-0.2, -0.15) is 0 Å². The molecule has 1 aromatic carbocycles. The van der Waals surface area contributed by atoms with Crippen LogP contribution in [0.15, 0.2) is 53.8 Å². The average molecular weight is 227 g/mol. The zero-order valence-electron chi connectivity index (χ0n) is 10.1. The number of hydrogen-bond acceptors (Lipinski definition) is 2. The predicted molar refractivity (Wildman–Crippen MR) is 69.7 cm³/mol. The lowest BCUT2D eigenvalue weighted by atomic mass is 9.94. The summed E-state index contributed by atoms with van der Waals surface area (Å²) in [5.74, 6) is 1.73. The van der Waals surface area contributed by atoms with Crippen molar-refractivity contribution in [2.45, 2.75) is 13.3 Å². The molecule has 2 nitrogen and oxygen atoms in total. The molecule has 1 aliphatic carbocycles. The van der Waals surface area contributed by atoms with Crippen LogP contribution in [-0.4, -0.2) is 13.3 Å². The molecule has 17 heavy (non-hydrogen) atoms. The molecule has 0 bridgehead atoms. The summed E-state index contributed by atoms with van der Waals surface area (Å²) in [6, 6.07) is 10.4. The second kappa shape index (κ2) is 4.28. The van der Waals surface area contributed by atoms with Gasteiger partial charge in [0.1, 0.15) is 5.76 Å². The maximum Gasteiger partial charge on any atom is 0.161 e. The van der Waals surface area contributed by atoms with Crippen LogP contribution in [0.3, 0.4) is 0 Å². The molecule has 1 heterocycles. The Kier molecular flexibility index (Phi) is 2.63. The van der Waals surface area contributed by atoms with Gasteiger partial charge in [-0.15, -0.1) is 0 Å². The first-order valence-electron chi connectivity index (χ1n) is 6.17. The topological polar surface area (TPSA) is 12.5 Å². The first kappa shape index (κ1) is 10.5. The van der Waals surface area contributed by atoms with Gasteiger partial charge >= 0.3 is 0 Å².